The summed E-state index contributed by atoms with van der Waals surface area (Å²) in [4.78, 5) is 37.0. The Balaban J connectivity index is 2.03. The fourth-order valence-corrected chi connectivity index (χ4v) is 2.90. The van der Waals surface area contributed by atoms with Crippen LogP contribution in [-0.4, -0.2) is 40.9 Å². The number of nitrogens with one attached hydrogen (secondary N) is 1. The summed E-state index contributed by atoms with van der Waals surface area (Å²) in [6.45, 7) is 6.71. The van der Waals surface area contributed by atoms with Gasteiger partial charge in [0.15, 0.2) is 0 Å². The molecule has 2 N–H and O–H groups in total. The molecule has 2 rings (SSSR count). The Morgan fingerprint density at radius 2 is 1.71 bits per heavy atom. The van der Waals surface area contributed by atoms with Crippen LogP contribution in [0.25, 0.3) is 0 Å². The molecule has 1 heterocycles. The molecular formula is C18H24N2O4. The van der Waals surface area contributed by atoms with Crippen LogP contribution in [0.2, 0.25) is 0 Å². The van der Waals surface area contributed by atoms with E-state index in [4.69, 9.17) is 5.11 Å². The van der Waals surface area contributed by atoms with Crippen LogP contribution >= 0.6 is 0 Å². The van der Waals surface area contributed by atoms with Crippen molar-refractivity contribution in [3.05, 3.63) is 29.8 Å². The molecule has 1 aromatic rings. The van der Waals surface area contributed by atoms with E-state index in [0.717, 1.165) is 5.56 Å². The van der Waals surface area contributed by atoms with E-state index in [1.165, 1.54) is 4.90 Å². The SMILES string of the molecule is CC(C)(C)c1ccccc1NC(=O)C(=O)N1CCC(C(=O)O)CC1. The Morgan fingerprint density at radius 3 is 2.25 bits per heavy atom. The van der Waals surface area contributed by atoms with E-state index in [1.807, 2.05) is 39.0 Å². The van der Waals surface area contributed by atoms with E-state index in [9.17, 15) is 14.4 Å². The van der Waals surface area contributed by atoms with Gasteiger partial charge >= 0.3 is 17.8 Å². The summed E-state index contributed by atoms with van der Waals surface area (Å²) in [5.74, 6) is -2.56. The molecule has 6 heteroatoms. The Bertz CT molecular complexity index is 641. The van der Waals surface area contributed by atoms with E-state index >= 15 is 0 Å². The number of aliphatic carboxylic acids is 1. The summed E-state index contributed by atoms with van der Waals surface area (Å²) in [5, 5.41) is 11.7. The summed E-state index contributed by atoms with van der Waals surface area (Å²) >= 11 is 0. The van der Waals surface area contributed by atoms with Crippen molar-refractivity contribution < 1.29 is 19.5 Å². The average Bonchev–Trinajstić information content (AvgIpc) is 2.53. The molecule has 0 aromatic heterocycles. The predicted molar refractivity (Wildman–Crippen MR) is 90.7 cm³/mol. The highest BCUT2D eigenvalue weighted by Crippen LogP contribution is 2.29. The average molecular weight is 332 g/mol. The highest BCUT2D eigenvalue weighted by Gasteiger charge is 2.30. The second-order valence-electron chi connectivity index (χ2n) is 7.15. The number of hydrogen-bond acceptors (Lipinski definition) is 3. The second kappa shape index (κ2) is 7.03. The molecule has 1 aromatic carbocycles. The lowest BCUT2D eigenvalue weighted by Crippen LogP contribution is -2.45. The Labute approximate surface area is 141 Å². The highest BCUT2D eigenvalue weighted by atomic mass is 16.4. The number of benzene rings is 1. The molecule has 0 bridgehead atoms. The maximum Gasteiger partial charge on any atom is 0.313 e. The van der Waals surface area contributed by atoms with Crippen molar-refractivity contribution in [2.45, 2.75) is 39.0 Å². The minimum atomic E-state index is -0.842. The van der Waals surface area contributed by atoms with Crippen molar-refractivity contribution in [3.8, 4) is 0 Å². The molecule has 0 radical (unpaired) electrons. The Morgan fingerprint density at radius 1 is 1.12 bits per heavy atom. The molecule has 0 atom stereocenters. The van der Waals surface area contributed by atoms with Crippen molar-refractivity contribution in [1.82, 2.24) is 4.90 Å². The third kappa shape index (κ3) is 4.13. The number of anilines is 1. The van der Waals surface area contributed by atoms with E-state index in [1.54, 1.807) is 6.07 Å². The molecule has 24 heavy (non-hydrogen) atoms. The van der Waals surface area contributed by atoms with Gasteiger partial charge in [0.1, 0.15) is 0 Å². The number of carbonyl (C=O) groups is 3. The number of carboxylic acid groups (broad SMARTS) is 1. The zero-order valence-electron chi connectivity index (χ0n) is 14.3. The number of rotatable bonds is 2. The predicted octanol–water partition coefficient (Wildman–Crippen LogP) is 2.25. The molecule has 0 unspecified atom stereocenters. The van der Waals surface area contributed by atoms with Gasteiger partial charge in [-0.15, -0.1) is 0 Å². The van der Waals surface area contributed by atoms with Crippen LogP contribution in [0.3, 0.4) is 0 Å². The van der Waals surface area contributed by atoms with E-state index < -0.39 is 23.7 Å². The van der Waals surface area contributed by atoms with Crippen LogP contribution in [0.15, 0.2) is 24.3 Å². The van der Waals surface area contributed by atoms with E-state index in [2.05, 4.69) is 5.32 Å². The van der Waals surface area contributed by atoms with Crippen LogP contribution in [0.1, 0.15) is 39.2 Å². The summed E-state index contributed by atoms with van der Waals surface area (Å²) in [5.41, 5.74) is 1.42. The van der Waals surface area contributed by atoms with Gasteiger partial charge < -0.3 is 15.3 Å². The van der Waals surface area contributed by atoms with Crippen LogP contribution < -0.4 is 5.32 Å². The summed E-state index contributed by atoms with van der Waals surface area (Å²) in [6.07, 6.45) is 0.764. The van der Waals surface area contributed by atoms with Crippen molar-refractivity contribution in [1.29, 1.82) is 0 Å². The van der Waals surface area contributed by atoms with Gasteiger partial charge in [-0.2, -0.15) is 0 Å². The fourth-order valence-electron chi connectivity index (χ4n) is 2.90. The van der Waals surface area contributed by atoms with Crippen molar-refractivity contribution in [3.63, 3.8) is 0 Å². The van der Waals surface area contributed by atoms with Gasteiger partial charge in [-0.1, -0.05) is 39.0 Å². The van der Waals surface area contributed by atoms with Gasteiger partial charge in [0.2, 0.25) is 0 Å². The first-order chi connectivity index (χ1) is 11.2. The quantitative estimate of drug-likeness (QED) is 0.813. The molecule has 130 valence electrons. The van der Waals surface area contributed by atoms with Crippen LogP contribution in [0.5, 0.6) is 0 Å². The minimum Gasteiger partial charge on any atom is -0.481 e. The standard InChI is InChI=1S/C18H24N2O4/c1-18(2,3)13-6-4-5-7-14(13)19-15(21)16(22)20-10-8-12(9-11-20)17(23)24/h4-7,12H,8-11H2,1-3H3,(H,19,21)(H,23,24). The molecule has 2 amide bonds. The first kappa shape index (κ1) is 18.0. The van der Waals surface area contributed by atoms with E-state index in [0.29, 0.717) is 31.6 Å². The van der Waals surface area contributed by atoms with Crippen LogP contribution in [0.4, 0.5) is 5.69 Å². The number of piperidine rings is 1. The monoisotopic (exact) mass is 332 g/mol. The number of hydrogen-bond donors (Lipinski definition) is 2. The molecule has 1 saturated heterocycles. The highest BCUT2D eigenvalue weighted by molar-refractivity contribution is 6.39. The third-order valence-corrected chi connectivity index (χ3v) is 4.31. The molecule has 0 spiro atoms. The number of amides is 2. The smallest absolute Gasteiger partial charge is 0.313 e. The fraction of sp³-hybridized carbons (Fsp3) is 0.500. The van der Waals surface area contributed by atoms with Gasteiger partial charge in [-0.25, -0.2) is 0 Å². The molecule has 0 saturated carbocycles. The Kier molecular flexibility index (Phi) is 5.26. The van der Waals surface area contributed by atoms with Crippen molar-refractivity contribution in [2.75, 3.05) is 18.4 Å². The number of likely N-dealkylation sites (tertiary alicyclic amines) is 1. The summed E-state index contributed by atoms with van der Waals surface area (Å²) in [6, 6.07) is 7.42. The molecule has 6 nitrogen and oxygen atoms in total. The van der Waals surface area contributed by atoms with Crippen molar-refractivity contribution >= 4 is 23.5 Å². The van der Waals surface area contributed by atoms with Crippen LogP contribution in [-0.2, 0) is 19.8 Å². The lowest BCUT2D eigenvalue weighted by molar-refractivity contribution is -0.148. The molecular weight excluding hydrogens is 308 g/mol. The topological polar surface area (TPSA) is 86.7 Å². The number of carbonyl (C=O) groups excluding carboxylic acids is 2. The maximum absolute atomic E-state index is 12.3. The maximum atomic E-state index is 12.3. The van der Waals surface area contributed by atoms with E-state index in [-0.39, 0.29) is 5.41 Å². The van der Waals surface area contributed by atoms with Gasteiger partial charge in [0.25, 0.3) is 0 Å². The number of nitrogens with zero attached hydrogens (tertiary/aromatic N) is 1. The van der Waals surface area contributed by atoms with Gasteiger partial charge in [0.05, 0.1) is 5.92 Å². The first-order valence-electron chi connectivity index (χ1n) is 8.12. The largest absolute Gasteiger partial charge is 0.481 e. The minimum absolute atomic E-state index is 0.160. The lowest BCUT2D eigenvalue weighted by Gasteiger charge is -2.30. The Hall–Kier alpha value is -2.37. The summed E-state index contributed by atoms with van der Waals surface area (Å²) in [7, 11) is 0. The zero-order valence-corrected chi connectivity index (χ0v) is 14.3. The number of para-hydroxylation sites is 1. The third-order valence-electron chi connectivity index (χ3n) is 4.31. The molecule has 1 aliphatic rings. The second-order valence-corrected chi connectivity index (χ2v) is 7.15. The van der Waals surface area contributed by atoms with Crippen molar-refractivity contribution in [2.24, 2.45) is 5.92 Å². The molecule has 1 fully saturated rings. The number of carboxylic acids is 1. The van der Waals surface area contributed by atoms with Gasteiger partial charge in [-0.3, -0.25) is 14.4 Å². The summed E-state index contributed by atoms with van der Waals surface area (Å²) < 4.78 is 0. The zero-order chi connectivity index (χ0) is 17.9. The van der Waals surface area contributed by atoms with Gasteiger partial charge in [-0.05, 0) is 29.9 Å². The van der Waals surface area contributed by atoms with Crippen LogP contribution in [0, 0.1) is 5.92 Å². The van der Waals surface area contributed by atoms with Gasteiger partial charge in [0, 0.05) is 18.8 Å². The normalized spacial score (nSPS) is 15.9. The first-order valence-corrected chi connectivity index (χ1v) is 8.12. The molecule has 1 aliphatic heterocycles. The lowest BCUT2D eigenvalue weighted by atomic mass is 9.86. The molecule has 0 aliphatic carbocycles.